The molecular formula is C11H21N3O3S. The second-order valence-electron chi connectivity index (χ2n) is 4.95. The van der Waals surface area contributed by atoms with Crippen LogP contribution in [0.25, 0.3) is 0 Å². The molecule has 0 bridgehead atoms. The summed E-state index contributed by atoms with van der Waals surface area (Å²) in [5, 5.41) is 7.60. The summed E-state index contributed by atoms with van der Waals surface area (Å²) >= 11 is 3.97. The summed E-state index contributed by atoms with van der Waals surface area (Å²) in [5.41, 5.74) is -0.345. The number of hydrogen-bond donors (Lipinski definition) is 4. The first kappa shape index (κ1) is 16.8. The van der Waals surface area contributed by atoms with Gasteiger partial charge in [-0.25, -0.2) is 0 Å². The van der Waals surface area contributed by atoms with Crippen molar-refractivity contribution in [1.82, 2.24) is 16.0 Å². The zero-order chi connectivity index (χ0) is 14.3. The van der Waals surface area contributed by atoms with Crippen LogP contribution in [0.3, 0.4) is 0 Å². The Morgan fingerprint density at radius 2 is 1.78 bits per heavy atom. The van der Waals surface area contributed by atoms with Gasteiger partial charge in [0.25, 0.3) is 0 Å². The van der Waals surface area contributed by atoms with Gasteiger partial charge in [-0.3, -0.25) is 14.4 Å². The molecule has 0 heterocycles. The summed E-state index contributed by atoms with van der Waals surface area (Å²) in [4.78, 5) is 33.9. The number of nitrogens with one attached hydrogen (secondary N) is 3. The van der Waals surface area contributed by atoms with Crippen LogP contribution < -0.4 is 16.0 Å². The van der Waals surface area contributed by atoms with Gasteiger partial charge in [-0.15, -0.1) is 0 Å². The molecule has 0 aromatic rings. The molecule has 18 heavy (non-hydrogen) atoms. The third kappa shape index (κ3) is 7.94. The van der Waals surface area contributed by atoms with Crippen molar-refractivity contribution in [3.63, 3.8) is 0 Å². The molecule has 0 aliphatic heterocycles. The lowest BCUT2D eigenvalue weighted by atomic mass is 10.1. The van der Waals surface area contributed by atoms with Crippen molar-refractivity contribution < 1.29 is 14.4 Å². The quantitative estimate of drug-likeness (QED) is 0.508. The van der Waals surface area contributed by atoms with Gasteiger partial charge in [0.2, 0.25) is 17.7 Å². The van der Waals surface area contributed by atoms with Crippen molar-refractivity contribution in [3.05, 3.63) is 0 Å². The Balaban J connectivity index is 4.16. The Labute approximate surface area is 113 Å². The third-order valence-corrected chi connectivity index (χ3v) is 2.18. The average Bonchev–Trinajstić information content (AvgIpc) is 2.19. The van der Waals surface area contributed by atoms with Gasteiger partial charge in [-0.05, 0) is 20.8 Å². The third-order valence-electron chi connectivity index (χ3n) is 1.81. The van der Waals surface area contributed by atoms with E-state index in [0.29, 0.717) is 0 Å². The van der Waals surface area contributed by atoms with E-state index < -0.39 is 11.9 Å². The molecule has 1 unspecified atom stereocenters. The lowest BCUT2D eigenvalue weighted by Gasteiger charge is -2.21. The average molecular weight is 275 g/mol. The molecule has 6 nitrogen and oxygen atoms in total. The number of thiol groups is 1. The minimum Gasteiger partial charge on any atom is -0.350 e. The van der Waals surface area contributed by atoms with E-state index in [1.807, 2.05) is 20.8 Å². The first-order chi connectivity index (χ1) is 8.15. The van der Waals surface area contributed by atoms with Crippen molar-refractivity contribution in [2.24, 2.45) is 0 Å². The maximum atomic E-state index is 11.6. The molecule has 7 heteroatoms. The number of rotatable bonds is 5. The van der Waals surface area contributed by atoms with E-state index in [2.05, 4.69) is 28.6 Å². The Kier molecular flexibility index (Phi) is 6.75. The molecule has 0 aromatic heterocycles. The van der Waals surface area contributed by atoms with Crippen LogP contribution in [0.4, 0.5) is 0 Å². The fourth-order valence-electron chi connectivity index (χ4n) is 1.19. The number of carbonyl (C=O) groups excluding carboxylic acids is 3. The van der Waals surface area contributed by atoms with Crippen LogP contribution in [0, 0.1) is 0 Å². The second-order valence-corrected chi connectivity index (χ2v) is 5.32. The number of hydrogen-bond acceptors (Lipinski definition) is 4. The summed E-state index contributed by atoms with van der Waals surface area (Å²) in [5.74, 6) is -0.851. The summed E-state index contributed by atoms with van der Waals surface area (Å²) in [6.07, 6.45) is 0. The van der Waals surface area contributed by atoms with E-state index in [-0.39, 0.29) is 29.7 Å². The van der Waals surface area contributed by atoms with E-state index in [1.54, 1.807) is 0 Å². The van der Waals surface area contributed by atoms with Crippen LogP contribution in [-0.2, 0) is 14.4 Å². The summed E-state index contributed by atoms with van der Waals surface area (Å²) in [6.45, 7) is 6.73. The highest BCUT2D eigenvalue weighted by atomic mass is 32.1. The van der Waals surface area contributed by atoms with E-state index in [0.717, 1.165) is 0 Å². The van der Waals surface area contributed by atoms with Crippen LogP contribution in [0.5, 0.6) is 0 Å². The Hall–Kier alpha value is -1.24. The summed E-state index contributed by atoms with van der Waals surface area (Å²) in [6, 6.07) is -0.728. The SMILES string of the molecule is CC(=O)NC(CS)C(=O)NCC(=O)NC(C)(C)C. The largest absolute Gasteiger partial charge is 0.350 e. The molecule has 3 N–H and O–H groups in total. The summed E-state index contributed by atoms with van der Waals surface area (Å²) < 4.78 is 0. The van der Waals surface area contributed by atoms with Crippen LogP contribution in [0.1, 0.15) is 27.7 Å². The Morgan fingerprint density at radius 3 is 2.17 bits per heavy atom. The molecule has 0 aliphatic carbocycles. The highest BCUT2D eigenvalue weighted by Gasteiger charge is 2.19. The monoisotopic (exact) mass is 275 g/mol. The minimum atomic E-state index is -0.728. The maximum Gasteiger partial charge on any atom is 0.243 e. The minimum absolute atomic E-state index is 0.125. The first-order valence-electron chi connectivity index (χ1n) is 5.62. The lowest BCUT2D eigenvalue weighted by molar-refractivity contribution is -0.129. The molecule has 0 radical (unpaired) electrons. The highest BCUT2D eigenvalue weighted by Crippen LogP contribution is 1.97. The molecule has 0 aliphatic rings. The zero-order valence-electron chi connectivity index (χ0n) is 11.2. The van der Waals surface area contributed by atoms with Crippen molar-refractivity contribution in [1.29, 1.82) is 0 Å². The molecule has 0 spiro atoms. The van der Waals surface area contributed by atoms with Gasteiger partial charge in [-0.2, -0.15) is 12.6 Å². The predicted octanol–water partition coefficient (Wildman–Crippen LogP) is -0.548. The number of carbonyl (C=O) groups is 3. The van der Waals surface area contributed by atoms with Crippen molar-refractivity contribution in [2.75, 3.05) is 12.3 Å². The molecule has 0 saturated heterocycles. The van der Waals surface area contributed by atoms with Gasteiger partial charge in [0, 0.05) is 18.2 Å². The van der Waals surface area contributed by atoms with Gasteiger partial charge in [0.15, 0.2) is 0 Å². The van der Waals surface area contributed by atoms with Gasteiger partial charge in [0.05, 0.1) is 6.54 Å². The fourth-order valence-corrected chi connectivity index (χ4v) is 1.45. The molecule has 0 aromatic carbocycles. The van der Waals surface area contributed by atoms with E-state index in [9.17, 15) is 14.4 Å². The molecular weight excluding hydrogens is 254 g/mol. The standard InChI is InChI=1S/C11H21N3O3S/c1-7(15)13-8(6-18)10(17)12-5-9(16)14-11(2,3)4/h8,18H,5-6H2,1-4H3,(H,12,17)(H,13,15)(H,14,16). The second kappa shape index (κ2) is 7.25. The molecule has 0 saturated carbocycles. The molecule has 3 amide bonds. The van der Waals surface area contributed by atoms with Crippen LogP contribution in [0.2, 0.25) is 0 Å². The molecule has 0 rings (SSSR count). The van der Waals surface area contributed by atoms with Crippen LogP contribution in [0.15, 0.2) is 0 Å². The normalized spacial score (nSPS) is 12.5. The van der Waals surface area contributed by atoms with E-state index in [4.69, 9.17) is 0 Å². The lowest BCUT2D eigenvalue weighted by Crippen LogP contribution is -2.51. The maximum absolute atomic E-state index is 11.6. The Bertz CT molecular complexity index is 326. The van der Waals surface area contributed by atoms with E-state index in [1.165, 1.54) is 6.92 Å². The molecule has 1 atom stereocenters. The predicted molar refractivity (Wildman–Crippen MR) is 72.4 cm³/mol. The number of amides is 3. The van der Waals surface area contributed by atoms with Crippen LogP contribution >= 0.6 is 12.6 Å². The van der Waals surface area contributed by atoms with Crippen molar-refractivity contribution in [3.8, 4) is 0 Å². The van der Waals surface area contributed by atoms with Gasteiger partial charge in [-0.1, -0.05) is 0 Å². The van der Waals surface area contributed by atoms with Crippen LogP contribution in [-0.4, -0.2) is 41.6 Å². The molecule has 104 valence electrons. The van der Waals surface area contributed by atoms with Crippen molar-refractivity contribution >= 4 is 30.4 Å². The first-order valence-corrected chi connectivity index (χ1v) is 6.25. The van der Waals surface area contributed by atoms with Gasteiger partial charge < -0.3 is 16.0 Å². The van der Waals surface area contributed by atoms with Gasteiger partial charge in [0.1, 0.15) is 6.04 Å². The summed E-state index contributed by atoms with van der Waals surface area (Å²) in [7, 11) is 0. The van der Waals surface area contributed by atoms with Gasteiger partial charge >= 0.3 is 0 Å². The topological polar surface area (TPSA) is 87.3 Å². The Morgan fingerprint density at radius 1 is 1.22 bits per heavy atom. The van der Waals surface area contributed by atoms with Crippen molar-refractivity contribution in [2.45, 2.75) is 39.3 Å². The fraction of sp³-hybridized carbons (Fsp3) is 0.727. The zero-order valence-corrected chi connectivity index (χ0v) is 12.1. The highest BCUT2D eigenvalue weighted by molar-refractivity contribution is 7.80. The molecule has 0 fully saturated rings. The smallest absolute Gasteiger partial charge is 0.243 e. The van der Waals surface area contributed by atoms with E-state index >= 15 is 0 Å².